The average molecular weight is 186 g/mol. The van der Waals surface area contributed by atoms with Crippen LogP contribution in [0.15, 0.2) is 12.0 Å². The highest BCUT2D eigenvalue weighted by Gasteiger charge is 2.15. The Balaban J connectivity index is 3.95. The molecular weight excluding hydrogens is 164 g/mol. The summed E-state index contributed by atoms with van der Waals surface area (Å²) in [5.74, 6) is 0. The van der Waals surface area contributed by atoms with Crippen molar-refractivity contribution in [1.29, 1.82) is 0 Å². The van der Waals surface area contributed by atoms with Gasteiger partial charge in [-0.05, 0) is 6.92 Å². The van der Waals surface area contributed by atoms with E-state index < -0.39 is 8.80 Å². The maximum atomic E-state index is 5.22. The van der Waals surface area contributed by atoms with Crippen molar-refractivity contribution in [1.82, 2.24) is 0 Å². The highest BCUT2D eigenvalue weighted by Crippen LogP contribution is 2.20. The number of hydrogen-bond acceptors (Lipinski definition) is 1. The van der Waals surface area contributed by atoms with Crippen LogP contribution in [0.3, 0.4) is 0 Å². The van der Waals surface area contributed by atoms with Crippen LogP contribution in [0.2, 0.25) is 11.1 Å². The van der Waals surface area contributed by atoms with E-state index in [2.05, 4.69) is 33.4 Å². The Hall–Kier alpha value is -0.243. The molecule has 2 heteroatoms. The zero-order valence-electron chi connectivity index (χ0n) is 9.00. The van der Waals surface area contributed by atoms with Gasteiger partial charge in [-0.25, -0.2) is 0 Å². The third-order valence-corrected chi connectivity index (χ3v) is 5.78. The zero-order valence-corrected chi connectivity index (χ0v) is 10.2. The SMILES string of the molecule is CCOC=C[SiH](C(C)C)C(C)C. The molecule has 0 radical (unpaired) electrons. The van der Waals surface area contributed by atoms with Crippen LogP contribution < -0.4 is 0 Å². The van der Waals surface area contributed by atoms with Crippen molar-refractivity contribution < 1.29 is 4.74 Å². The molecule has 0 saturated heterocycles. The molecule has 0 fully saturated rings. The maximum Gasteiger partial charge on any atom is 0.0844 e. The lowest BCUT2D eigenvalue weighted by atomic mass is 10.5. The predicted molar refractivity (Wildman–Crippen MR) is 58.1 cm³/mol. The highest BCUT2D eigenvalue weighted by molar-refractivity contribution is 6.66. The lowest BCUT2D eigenvalue weighted by Crippen LogP contribution is -2.18. The largest absolute Gasteiger partial charge is 0.502 e. The van der Waals surface area contributed by atoms with Crippen molar-refractivity contribution in [2.75, 3.05) is 6.61 Å². The molecular formula is C10H22OSi. The summed E-state index contributed by atoms with van der Waals surface area (Å²) in [6, 6.07) is 0. The Morgan fingerprint density at radius 3 is 2.00 bits per heavy atom. The summed E-state index contributed by atoms with van der Waals surface area (Å²) >= 11 is 0. The van der Waals surface area contributed by atoms with E-state index in [4.69, 9.17) is 4.74 Å². The van der Waals surface area contributed by atoms with Gasteiger partial charge >= 0.3 is 0 Å². The summed E-state index contributed by atoms with van der Waals surface area (Å²) in [7, 11) is -0.718. The fourth-order valence-electron chi connectivity index (χ4n) is 1.46. The van der Waals surface area contributed by atoms with Crippen LogP contribution >= 0.6 is 0 Å². The molecule has 0 bridgehead atoms. The van der Waals surface area contributed by atoms with Crippen LogP contribution in [0, 0.1) is 0 Å². The summed E-state index contributed by atoms with van der Waals surface area (Å²) in [5, 5.41) is 0. The van der Waals surface area contributed by atoms with Gasteiger partial charge in [0.05, 0.1) is 21.7 Å². The van der Waals surface area contributed by atoms with Crippen LogP contribution in [0.4, 0.5) is 0 Å². The van der Waals surface area contributed by atoms with Gasteiger partial charge in [0.25, 0.3) is 0 Å². The quantitative estimate of drug-likeness (QED) is 0.473. The molecule has 0 saturated carbocycles. The molecule has 0 amide bonds. The molecule has 12 heavy (non-hydrogen) atoms. The van der Waals surface area contributed by atoms with Gasteiger partial charge in [0.1, 0.15) is 0 Å². The van der Waals surface area contributed by atoms with E-state index in [1.807, 2.05) is 13.2 Å². The van der Waals surface area contributed by atoms with Crippen molar-refractivity contribution in [3.8, 4) is 0 Å². The van der Waals surface area contributed by atoms with E-state index >= 15 is 0 Å². The molecule has 0 rings (SSSR count). The van der Waals surface area contributed by atoms with Gasteiger partial charge in [0, 0.05) is 0 Å². The van der Waals surface area contributed by atoms with Gasteiger partial charge in [0.15, 0.2) is 0 Å². The molecule has 0 aromatic rings. The zero-order chi connectivity index (χ0) is 9.56. The molecule has 0 spiro atoms. The topological polar surface area (TPSA) is 9.23 Å². The van der Waals surface area contributed by atoms with Gasteiger partial charge in [-0.1, -0.05) is 44.5 Å². The predicted octanol–water partition coefficient (Wildman–Crippen LogP) is 3.12. The Labute approximate surface area is 78.4 Å². The van der Waals surface area contributed by atoms with Crippen molar-refractivity contribution in [3.63, 3.8) is 0 Å². The molecule has 0 aromatic heterocycles. The summed E-state index contributed by atoms with van der Waals surface area (Å²) in [4.78, 5) is 0. The highest BCUT2D eigenvalue weighted by atomic mass is 28.3. The minimum Gasteiger partial charge on any atom is -0.502 e. The fourth-order valence-corrected chi connectivity index (χ4v) is 4.18. The minimum atomic E-state index is -0.718. The Bertz CT molecular complexity index is 122. The third kappa shape index (κ3) is 4.60. The number of ether oxygens (including phenoxy) is 1. The maximum absolute atomic E-state index is 5.22. The molecule has 1 nitrogen and oxygen atoms in total. The minimum absolute atomic E-state index is 0.718. The fraction of sp³-hybridized carbons (Fsp3) is 0.800. The molecule has 72 valence electrons. The summed E-state index contributed by atoms with van der Waals surface area (Å²) in [6.07, 6.45) is 1.90. The van der Waals surface area contributed by atoms with Crippen LogP contribution in [0.1, 0.15) is 34.6 Å². The van der Waals surface area contributed by atoms with Gasteiger partial charge in [-0.3, -0.25) is 0 Å². The summed E-state index contributed by atoms with van der Waals surface area (Å²) in [5.41, 5.74) is 3.99. The van der Waals surface area contributed by atoms with Crippen LogP contribution in [-0.4, -0.2) is 15.4 Å². The Morgan fingerprint density at radius 2 is 1.67 bits per heavy atom. The standard InChI is InChI=1S/C10H22OSi/c1-6-11-7-8-12(9(2)3)10(4)5/h7-10,12H,6H2,1-5H3. The first kappa shape index (κ1) is 11.8. The molecule has 0 aliphatic rings. The average Bonchev–Trinajstić information content (AvgIpc) is 1.96. The lowest BCUT2D eigenvalue weighted by Gasteiger charge is -2.18. The molecule has 0 heterocycles. The molecule has 0 unspecified atom stereocenters. The van der Waals surface area contributed by atoms with Crippen molar-refractivity contribution in [2.45, 2.75) is 45.7 Å². The van der Waals surface area contributed by atoms with E-state index in [1.165, 1.54) is 0 Å². The first-order valence-electron chi connectivity index (χ1n) is 4.87. The normalized spacial score (nSPS) is 12.3. The molecule has 0 N–H and O–H groups in total. The smallest absolute Gasteiger partial charge is 0.0844 e. The monoisotopic (exact) mass is 186 g/mol. The van der Waals surface area contributed by atoms with Crippen LogP contribution in [0.5, 0.6) is 0 Å². The third-order valence-electron chi connectivity index (χ3n) is 2.10. The van der Waals surface area contributed by atoms with E-state index in [9.17, 15) is 0 Å². The summed E-state index contributed by atoms with van der Waals surface area (Å²) < 4.78 is 5.22. The van der Waals surface area contributed by atoms with E-state index in [0.717, 1.165) is 17.7 Å². The second-order valence-corrected chi connectivity index (χ2v) is 8.06. The second kappa shape index (κ2) is 6.29. The first-order valence-corrected chi connectivity index (χ1v) is 6.87. The van der Waals surface area contributed by atoms with Crippen molar-refractivity contribution in [2.24, 2.45) is 0 Å². The van der Waals surface area contributed by atoms with E-state index in [0.29, 0.717) is 0 Å². The van der Waals surface area contributed by atoms with Gasteiger partial charge in [-0.2, -0.15) is 0 Å². The number of hydrogen-bond donors (Lipinski definition) is 0. The second-order valence-electron chi connectivity index (χ2n) is 3.85. The molecule has 0 aliphatic heterocycles. The lowest BCUT2D eigenvalue weighted by molar-refractivity contribution is 0.270. The molecule has 0 atom stereocenters. The Kier molecular flexibility index (Phi) is 6.16. The van der Waals surface area contributed by atoms with Crippen LogP contribution in [0.25, 0.3) is 0 Å². The number of rotatable bonds is 5. The first-order chi connectivity index (χ1) is 5.59. The van der Waals surface area contributed by atoms with Crippen LogP contribution in [-0.2, 0) is 4.74 Å². The van der Waals surface area contributed by atoms with E-state index in [-0.39, 0.29) is 0 Å². The molecule has 0 aromatic carbocycles. The molecule has 0 aliphatic carbocycles. The van der Waals surface area contributed by atoms with Crippen molar-refractivity contribution in [3.05, 3.63) is 12.0 Å². The van der Waals surface area contributed by atoms with Gasteiger partial charge in [-0.15, -0.1) is 0 Å². The van der Waals surface area contributed by atoms with Gasteiger partial charge < -0.3 is 4.74 Å². The van der Waals surface area contributed by atoms with Crippen molar-refractivity contribution >= 4 is 8.80 Å². The van der Waals surface area contributed by atoms with Gasteiger partial charge in [0.2, 0.25) is 0 Å². The van der Waals surface area contributed by atoms with E-state index in [1.54, 1.807) is 0 Å². The summed E-state index contributed by atoms with van der Waals surface area (Å²) in [6.45, 7) is 12.1. The Morgan fingerprint density at radius 1 is 1.17 bits per heavy atom.